The summed E-state index contributed by atoms with van der Waals surface area (Å²) in [5, 5.41) is 0. The second-order valence-corrected chi connectivity index (χ2v) is 9.00. The lowest BCUT2D eigenvalue weighted by atomic mass is 9.83. The number of hydrogen-bond acceptors (Lipinski definition) is 5. The Morgan fingerprint density at radius 2 is 2.12 bits per heavy atom. The number of amides is 1. The van der Waals surface area contributed by atoms with Gasteiger partial charge < -0.3 is 9.47 Å². The minimum atomic E-state index is 0.0424. The molecule has 0 aliphatic carbocycles. The summed E-state index contributed by atoms with van der Waals surface area (Å²) >= 11 is 6.81. The molecule has 0 spiro atoms. The number of rotatable bonds is 4. The van der Waals surface area contributed by atoms with Crippen molar-refractivity contribution in [1.29, 1.82) is 0 Å². The smallest absolute Gasteiger partial charge is 0.267 e. The Balaban J connectivity index is 1.53. The van der Waals surface area contributed by atoms with E-state index in [2.05, 4.69) is 17.9 Å². The fraction of sp³-hybridized carbons (Fsp3) is 0.526. The van der Waals surface area contributed by atoms with Crippen LogP contribution in [0, 0.1) is 5.92 Å². The molecule has 2 saturated heterocycles. The number of carbonyl (C=O) groups is 1. The third-order valence-electron chi connectivity index (χ3n) is 5.42. The Morgan fingerprint density at radius 3 is 2.92 bits per heavy atom. The number of unbranched alkanes of at least 4 members (excludes halogenated alkanes) is 1. The average Bonchev–Trinajstić information content (AvgIpc) is 2.87. The number of aromatic nitrogens is 1. The summed E-state index contributed by atoms with van der Waals surface area (Å²) < 4.78 is 2.60. The standard InChI is InChI=1S/C19H23N3O2S2/c1-2-3-7-21-18(24)16(26-19(21)25)12-20-9-13-8-14(11-20)15-5-4-6-17(23)22(15)10-13/h4-6,12-14H,2-3,7-11H2,1H3/t13-,14+/m1/s1. The van der Waals surface area contributed by atoms with Crippen molar-refractivity contribution in [3.05, 3.63) is 45.4 Å². The zero-order valence-electron chi connectivity index (χ0n) is 14.9. The Hall–Kier alpha value is -1.60. The van der Waals surface area contributed by atoms with Crippen molar-refractivity contribution in [3.8, 4) is 0 Å². The molecule has 0 radical (unpaired) electrons. The van der Waals surface area contributed by atoms with Gasteiger partial charge in [0.15, 0.2) is 0 Å². The van der Waals surface area contributed by atoms with E-state index in [0.29, 0.717) is 22.7 Å². The lowest BCUT2D eigenvalue weighted by Crippen LogP contribution is -2.45. The molecule has 26 heavy (non-hydrogen) atoms. The first-order valence-corrected chi connectivity index (χ1v) is 10.5. The third-order valence-corrected chi connectivity index (χ3v) is 6.78. The van der Waals surface area contributed by atoms with Crippen LogP contribution in [0.3, 0.4) is 0 Å². The molecular formula is C19H23N3O2S2. The number of pyridine rings is 1. The summed E-state index contributed by atoms with van der Waals surface area (Å²) in [6, 6.07) is 5.56. The summed E-state index contributed by atoms with van der Waals surface area (Å²) in [5.41, 5.74) is 1.23. The maximum Gasteiger partial charge on any atom is 0.267 e. The normalized spacial score (nSPS) is 26.6. The number of carbonyl (C=O) groups excluding carboxylic acids is 1. The number of fused-ring (bicyclic) bond motifs is 4. The maximum atomic E-state index is 12.7. The zero-order valence-corrected chi connectivity index (χ0v) is 16.5. The number of likely N-dealkylation sites (tertiary alicyclic amines) is 1. The highest BCUT2D eigenvalue weighted by Crippen LogP contribution is 2.37. The van der Waals surface area contributed by atoms with Gasteiger partial charge in [0.25, 0.3) is 11.5 Å². The van der Waals surface area contributed by atoms with Crippen molar-refractivity contribution >= 4 is 34.2 Å². The summed E-state index contributed by atoms with van der Waals surface area (Å²) in [5.74, 6) is 0.835. The van der Waals surface area contributed by atoms with E-state index in [0.717, 1.165) is 49.5 Å². The van der Waals surface area contributed by atoms with Gasteiger partial charge in [-0.2, -0.15) is 0 Å². The minimum Gasteiger partial charge on any atom is -0.375 e. The topological polar surface area (TPSA) is 45.6 Å². The zero-order chi connectivity index (χ0) is 18.3. The molecule has 0 N–H and O–H groups in total. The molecule has 3 aliphatic rings. The van der Waals surface area contributed by atoms with Crippen LogP contribution in [0.1, 0.15) is 37.8 Å². The predicted molar refractivity (Wildman–Crippen MR) is 108 cm³/mol. The van der Waals surface area contributed by atoms with Crippen LogP contribution in [0.5, 0.6) is 0 Å². The first-order chi connectivity index (χ1) is 12.6. The highest BCUT2D eigenvalue weighted by Gasteiger charge is 2.36. The second kappa shape index (κ2) is 7.19. The second-order valence-electron chi connectivity index (χ2n) is 7.32. The van der Waals surface area contributed by atoms with E-state index >= 15 is 0 Å². The first-order valence-electron chi connectivity index (χ1n) is 9.26. The lowest BCUT2D eigenvalue weighted by molar-refractivity contribution is -0.122. The Morgan fingerprint density at radius 1 is 1.27 bits per heavy atom. The van der Waals surface area contributed by atoms with E-state index < -0.39 is 0 Å². The molecule has 2 fully saturated rings. The van der Waals surface area contributed by atoms with Crippen molar-refractivity contribution in [2.75, 3.05) is 19.6 Å². The van der Waals surface area contributed by atoms with Gasteiger partial charge in [0, 0.05) is 50.1 Å². The lowest BCUT2D eigenvalue weighted by Gasteiger charge is -2.42. The maximum absolute atomic E-state index is 12.7. The molecule has 1 aromatic heterocycles. The fourth-order valence-electron chi connectivity index (χ4n) is 4.20. The summed E-state index contributed by atoms with van der Waals surface area (Å²) in [6.07, 6.45) is 5.13. The number of nitrogens with zero attached hydrogens (tertiary/aromatic N) is 3. The Bertz CT molecular complexity index is 832. The van der Waals surface area contributed by atoms with E-state index in [1.165, 1.54) is 11.8 Å². The molecule has 3 aliphatic heterocycles. The van der Waals surface area contributed by atoms with Gasteiger partial charge >= 0.3 is 0 Å². The van der Waals surface area contributed by atoms with E-state index in [9.17, 15) is 9.59 Å². The SMILES string of the molecule is CCCCN1C(=O)C(=CN2C[C@H]3C[C@@H](C2)c2cccc(=O)n2C3)SC1=S. The summed E-state index contributed by atoms with van der Waals surface area (Å²) in [6.45, 7) is 5.33. The van der Waals surface area contributed by atoms with Crippen LogP contribution in [0.2, 0.25) is 0 Å². The molecule has 138 valence electrons. The first kappa shape index (κ1) is 17.8. The third kappa shape index (κ3) is 3.22. The molecule has 0 aromatic carbocycles. The average molecular weight is 390 g/mol. The molecule has 0 unspecified atom stereocenters. The van der Waals surface area contributed by atoms with Crippen LogP contribution in [0.15, 0.2) is 34.1 Å². The molecule has 4 rings (SSSR count). The van der Waals surface area contributed by atoms with Gasteiger partial charge in [0.1, 0.15) is 4.32 Å². The molecule has 1 amide bonds. The Kier molecular flexibility index (Phi) is 4.92. The fourth-order valence-corrected chi connectivity index (χ4v) is 5.52. The molecule has 4 heterocycles. The monoisotopic (exact) mass is 389 g/mol. The van der Waals surface area contributed by atoms with Crippen LogP contribution in [-0.2, 0) is 11.3 Å². The van der Waals surface area contributed by atoms with Crippen molar-refractivity contribution < 1.29 is 4.79 Å². The predicted octanol–water partition coefficient (Wildman–Crippen LogP) is 2.77. The largest absolute Gasteiger partial charge is 0.375 e. The number of hydrogen-bond donors (Lipinski definition) is 0. The van der Waals surface area contributed by atoms with Gasteiger partial charge in [-0.3, -0.25) is 14.5 Å². The highest BCUT2D eigenvalue weighted by molar-refractivity contribution is 8.26. The van der Waals surface area contributed by atoms with Crippen LogP contribution in [0.25, 0.3) is 0 Å². The molecule has 0 saturated carbocycles. The summed E-state index contributed by atoms with van der Waals surface area (Å²) in [4.78, 5) is 29.5. The van der Waals surface area contributed by atoms with Gasteiger partial charge in [-0.25, -0.2) is 0 Å². The van der Waals surface area contributed by atoms with Crippen molar-refractivity contribution in [3.63, 3.8) is 0 Å². The minimum absolute atomic E-state index is 0.0424. The van der Waals surface area contributed by atoms with Crippen molar-refractivity contribution in [1.82, 2.24) is 14.4 Å². The van der Waals surface area contributed by atoms with Gasteiger partial charge in [-0.15, -0.1) is 0 Å². The molecular weight excluding hydrogens is 366 g/mol. The molecule has 2 atom stereocenters. The van der Waals surface area contributed by atoms with E-state index in [1.807, 2.05) is 16.8 Å². The van der Waals surface area contributed by atoms with E-state index in [1.54, 1.807) is 11.0 Å². The van der Waals surface area contributed by atoms with Gasteiger partial charge in [0.2, 0.25) is 0 Å². The van der Waals surface area contributed by atoms with Gasteiger partial charge in [-0.05, 0) is 24.8 Å². The quantitative estimate of drug-likeness (QED) is 0.585. The van der Waals surface area contributed by atoms with Gasteiger partial charge in [-0.1, -0.05) is 43.4 Å². The number of piperidine rings is 1. The molecule has 2 bridgehead atoms. The number of thiocarbonyl (C=S) groups is 1. The van der Waals surface area contributed by atoms with Gasteiger partial charge in [0.05, 0.1) is 4.91 Å². The van der Waals surface area contributed by atoms with Crippen LogP contribution < -0.4 is 5.56 Å². The van der Waals surface area contributed by atoms with Crippen LogP contribution in [-0.4, -0.2) is 44.2 Å². The van der Waals surface area contributed by atoms with E-state index in [-0.39, 0.29) is 11.5 Å². The van der Waals surface area contributed by atoms with Crippen molar-refractivity contribution in [2.45, 2.75) is 38.6 Å². The van der Waals surface area contributed by atoms with Crippen LogP contribution >= 0.6 is 24.0 Å². The Labute approximate surface area is 163 Å². The van der Waals surface area contributed by atoms with Crippen LogP contribution in [0.4, 0.5) is 0 Å². The summed E-state index contributed by atoms with van der Waals surface area (Å²) in [7, 11) is 0. The number of thioether (sulfide) groups is 1. The molecule has 5 nitrogen and oxygen atoms in total. The molecule has 1 aromatic rings. The highest BCUT2D eigenvalue weighted by atomic mass is 32.2. The van der Waals surface area contributed by atoms with E-state index in [4.69, 9.17) is 12.2 Å². The van der Waals surface area contributed by atoms with Crippen molar-refractivity contribution in [2.24, 2.45) is 5.92 Å². The molecule has 7 heteroatoms.